The summed E-state index contributed by atoms with van der Waals surface area (Å²) in [5.41, 5.74) is 0.346. The maximum atomic E-state index is 11.2. The first-order valence-corrected chi connectivity index (χ1v) is 4.35. The number of nitrogens with zero attached hydrogens (tertiary/aromatic N) is 1. The third-order valence-corrected chi connectivity index (χ3v) is 1.88. The fourth-order valence-electron chi connectivity index (χ4n) is 1.12. The van der Waals surface area contributed by atoms with E-state index in [0.29, 0.717) is 23.6 Å². The van der Waals surface area contributed by atoms with Gasteiger partial charge in [-0.05, 0) is 12.1 Å². The van der Waals surface area contributed by atoms with Crippen LogP contribution < -0.4 is 0 Å². The van der Waals surface area contributed by atoms with E-state index in [2.05, 4.69) is 5.16 Å². The van der Waals surface area contributed by atoms with Crippen molar-refractivity contribution in [1.29, 1.82) is 0 Å². The van der Waals surface area contributed by atoms with Crippen molar-refractivity contribution in [3.05, 3.63) is 30.2 Å². The second-order valence-electron chi connectivity index (χ2n) is 2.83. The molecule has 0 aliphatic carbocycles. The second-order valence-corrected chi connectivity index (χ2v) is 2.83. The van der Waals surface area contributed by atoms with E-state index in [4.69, 9.17) is 8.94 Å². The Morgan fingerprint density at radius 2 is 2.36 bits per heavy atom. The van der Waals surface area contributed by atoms with Crippen LogP contribution in [-0.4, -0.2) is 10.9 Å². The van der Waals surface area contributed by atoms with Crippen LogP contribution in [0.15, 0.2) is 33.4 Å². The largest absolute Gasteiger partial charge is 0.461 e. The summed E-state index contributed by atoms with van der Waals surface area (Å²) < 4.78 is 10.1. The van der Waals surface area contributed by atoms with Crippen molar-refractivity contribution >= 4 is 5.78 Å². The van der Waals surface area contributed by atoms with Gasteiger partial charge in [0.2, 0.25) is 5.76 Å². The first-order chi connectivity index (χ1) is 6.81. The maximum absolute atomic E-state index is 11.2. The van der Waals surface area contributed by atoms with Gasteiger partial charge in [-0.15, -0.1) is 0 Å². The number of carbonyl (C=O) groups is 1. The summed E-state index contributed by atoms with van der Waals surface area (Å²) in [4.78, 5) is 11.2. The lowest BCUT2D eigenvalue weighted by atomic mass is 10.2. The summed E-state index contributed by atoms with van der Waals surface area (Å²) in [6, 6.07) is 5.09. The van der Waals surface area contributed by atoms with Gasteiger partial charge in [-0.1, -0.05) is 12.1 Å². The number of aromatic nitrogens is 1. The molecule has 4 heteroatoms. The molecule has 72 valence electrons. The van der Waals surface area contributed by atoms with E-state index >= 15 is 0 Å². The number of carbonyl (C=O) groups excluding carboxylic acids is 1. The predicted octanol–water partition coefficient (Wildman–Crippen LogP) is 2.53. The molecule has 0 saturated carbocycles. The Labute approximate surface area is 80.5 Å². The van der Waals surface area contributed by atoms with E-state index in [1.807, 2.05) is 0 Å². The molecule has 0 aliphatic heterocycles. The van der Waals surface area contributed by atoms with Gasteiger partial charge in [0, 0.05) is 12.5 Å². The zero-order valence-corrected chi connectivity index (χ0v) is 7.69. The van der Waals surface area contributed by atoms with Crippen LogP contribution in [0.25, 0.3) is 11.5 Å². The van der Waals surface area contributed by atoms with Crippen molar-refractivity contribution in [2.24, 2.45) is 0 Å². The molecule has 0 amide bonds. The standard InChI is InChI=1S/C10H9NO3/c1-2-8(12)7-6-10(14-11-7)9-4-3-5-13-9/h3-6H,2H2,1H3. The molecule has 0 unspecified atom stereocenters. The van der Waals surface area contributed by atoms with Crippen LogP contribution in [-0.2, 0) is 0 Å². The number of rotatable bonds is 3. The first-order valence-electron chi connectivity index (χ1n) is 4.35. The first kappa shape index (κ1) is 8.74. The predicted molar refractivity (Wildman–Crippen MR) is 48.8 cm³/mol. The highest BCUT2D eigenvalue weighted by Gasteiger charge is 2.12. The lowest BCUT2D eigenvalue weighted by molar-refractivity contribution is 0.0979. The van der Waals surface area contributed by atoms with Gasteiger partial charge in [-0.2, -0.15) is 0 Å². The minimum atomic E-state index is -0.0356. The summed E-state index contributed by atoms with van der Waals surface area (Å²) in [6.45, 7) is 1.78. The summed E-state index contributed by atoms with van der Waals surface area (Å²) in [5.74, 6) is 1.02. The molecule has 0 saturated heterocycles. The van der Waals surface area contributed by atoms with Crippen LogP contribution in [0.1, 0.15) is 23.8 Å². The summed E-state index contributed by atoms with van der Waals surface area (Å²) in [7, 11) is 0. The van der Waals surface area contributed by atoms with Crippen molar-refractivity contribution in [3.8, 4) is 11.5 Å². The molecule has 0 fully saturated rings. The number of ketones is 1. The van der Waals surface area contributed by atoms with E-state index in [1.54, 1.807) is 31.4 Å². The van der Waals surface area contributed by atoms with Crippen LogP contribution in [0.3, 0.4) is 0 Å². The summed E-state index contributed by atoms with van der Waals surface area (Å²) in [5, 5.41) is 3.66. The van der Waals surface area contributed by atoms with Crippen LogP contribution in [0.2, 0.25) is 0 Å². The fourth-order valence-corrected chi connectivity index (χ4v) is 1.12. The fraction of sp³-hybridized carbons (Fsp3) is 0.200. The highest BCUT2D eigenvalue weighted by molar-refractivity contribution is 5.94. The van der Waals surface area contributed by atoms with Crippen molar-refractivity contribution in [2.75, 3.05) is 0 Å². The van der Waals surface area contributed by atoms with Gasteiger partial charge in [0.25, 0.3) is 0 Å². The lowest BCUT2D eigenvalue weighted by Gasteiger charge is -1.84. The normalized spacial score (nSPS) is 10.4. The molecular formula is C10H9NO3. The molecule has 14 heavy (non-hydrogen) atoms. The molecule has 0 radical (unpaired) electrons. The molecule has 2 aromatic heterocycles. The molecule has 0 aromatic carbocycles. The van der Waals surface area contributed by atoms with Crippen molar-refractivity contribution in [2.45, 2.75) is 13.3 Å². The minimum Gasteiger partial charge on any atom is -0.461 e. The number of furan rings is 1. The van der Waals surface area contributed by atoms with Crippen molar-refractivity contribution in [1.82, 2.24) is 5.16 Å². The number of Topliss-reactive ketones (excluding diaryl/α,β-unsaturated/α-hetero) is 1. The molecule has 0 bridgehead atoms. The molecular weight excluding hydrogens is 182 g/mol. The number of hydrogen-bond donors (Lipinski definition) is 0. The highest BCUT2D eigenvalue weighted by atomic mass is 16.5. The summed E-state index contributed by atoms with van der Waals surface area (Å²) in [6.07, 6.45) is 1.96. The zero-order chi connectivity index (χ0) is 9.97. The zero-order valence-electron chi connectivity index (χ0n) is 7.69. The van der Waals surface area contributed by atoms with Crippen LogP contribution >= 0.6 is 0 Å². The smallest absolute Gasteiger partial charge is 0.202 e. The van der Waals surface area contributed by atoms with E-state index in [-0.39, 0.29) is 5.78 Å². The Morgan fingerprint density at radius 1 is 1.50 bits per heavy atom. The van der Waals surface area contributed by atoms with Gasteiger partial charge in [0.15, 0.2) is 11.5 Å². The Morgan fingerprint density at radius 3 is 3.00 bits per heavy atom. The van der Waals surface area contributed by atoms with Gasteiger partial charge in [-0.25, -0.2) is 0 Å². The highest BCUT2D eigenvalue weighted by Crippen LogP contribution is 2.20. The lowest BCUT2D eigenvalue weighted by Crippen LogP contribution is -1.95. The molecule has 2 heterocycles. The van der Waals surface area contributed by atoms with E-state index in [9.17, 15) is 4.79 Å². The molecule has 2 rings (SSSR count). The molecule has 4 nitrogen and oxygen atoms in total. The number of hydrogen-bond acceptors (Lipinski definition) is 4. The van der Waals surface area contributed by atoms with Crippen molar-refractivity contribution < 1.29 is 13.7 Å². The summed E-state index contributed by atoms with van der Waals surface area (Å²) >= 11 is 0. The second kappa shape index (κ2) is 3.49. The third-order valence-electron chi connectivity index (χ3n) is 1.88. The Balaban J connectivity index is 2.31. The van der Waals surface area contributed by atoms with Gasteiger partial charge >= 0.3 is 0 Å². The Hall–Kier alpha value is -1.84. The average molecular weight is 191 g/mol. The van der Waals surface area contributed by atoms with Gasteiger partial charge in [0.1, 0.15) is 5.69 Å². The van der Waals surface area contributed by atoms with Gasteiger partial charge < -0.3 is 8.94 Å². The molecule has 0 aliphatic rings. The molecule has 2 aromatic rings. The van der Waals surface area contributed by atoms with Crippen LogP contribution in [0, 0.1) is 0 Å². The SMILES string of the molecule is CCC(=O)c1cc(-c2ccco2)on1. The Bertz CT molecular complexity index is 428. The van der Waals surface area contributed by atoms with E-state index < -0.39 is 0 Å². The van der Waals surface area contributed by atoms with Gasteiger partial charge in [0.05, 0.1) is 6.26 Å². The molecule has 0 atom stereocenters. The van der Waals surface area contributed by atoms with E-state index in [0.717, 1.165) is 0 Å². The van der Waals surface area contributed by atoms with Gasteiger partial charge in [-0.3, -0.25) is 4.79 Å². The van der Waals surface area contributed by atoms with E-state index in [1.165, 1.54) is 0 Å². The van der Waals surface area contributed by atoms with Crippen molar-refractivity contribution in [3.63, 3.8) is 0 Å². The topological polar surface area (TPSA) is 56.2 Å². The third kappa shape index (κ3) is 1.46. The molecule has 0 spiro atoms. The minimum absolute atomic E-state index is 0.0356. The Kier molecular flexibility index (Phi) is 2.18. The maximum Gasteiger partial charge on any atom is 0.202 e. The average Bonchev–Trinajstić information content (AvgIpc) is 2.86. The van der Waals surface area contributed by atoms with Crippen LogP contribution in [0.5, 0.6) is 0 Å². The quantitative estimate of drug-likeness (QED) is 0.699. The van der Waals surface area contributed by atoms with Crippen LogP contribution in [0.4, 0.5) is 0 Å². The monoisotopic (exact) mass is 191 g/mol. The molecule has 0 N–H and O–H groups in total.